The smallest absolute Gasteiger partial charge is 0.217 e. The fraction of sp³-hybridized carbons (Fsp3) is 0.536. The van der Waals surface area contributed by atoms with E-state index < -0.39 is 23.8 Å². The fourth-order valence-electron chi connectivity index (χ4n) is 5.02. The van der Waals surface area contributed by atoms with Crippen LogP contribution in [-0.2, 0) is 30.5 Å². The van der Waals surface area contributed by atoms with Crippen LogP contribution < -0.4 is 10.6 Å². The Morgan fingerprint density at radius 1 is 1.12 bits per heavy atom. The summed E-state index contributed by atoms with van der Waals surface area (Å²) in [6, 6.07) is 7.42. The molecule has 34 heavy (non-hydrogen) atoms. The third-order valence-corrected chi connectivity index (χ3v) is 6.74. The molecular weight excluding hydrogens is 434 g/mol. The molecule has 0 spiro atoms. The highest BCUT2D eigenvalue weighted by molar-refractivity contribution is 5.73. The van der Waals surface area contributed by atoms with Gasteiger partial charge < -0.3 is 15.7 Å². The van der Waals surface area contributed by atoms with Gasteiger partial charge in [0.05, 0.1) is 12.1 Å². The molecule has 0 fully saturated rings. The Bertz CT molecular complexity index is 959. The lowest BCUT2D eigenvalue weighted by molar-refractivity contribution is -0.120. The molecule has 2 aromatic carbocycles. The van der Waals surface area contributed by atoms with E-state index >= 15 is 0 Å². The van der Waals surface area contributed by atoms with Crippen LogP contribution in [0.3, 0.4) is 0 Å². The van der Waals surface area contributed by atoms with Crippen LogP contribution in [0.4, 0.5) is 8.78 Å². The zero-order valence-corrected chi connectivity index (χ0v) is 20.6. The van der Waals surface area contributed by atoms with Crippen molar-refractivity contribution in [3.05, 3.63) is 69.8 Å². The average Bonchev–Trinajstić information content (AvgIpc) is 2.79. The molecule has 0 radical (unpaired) electrons. The number of benzene rings is 2. The Morgan fingerprint density at radius 2 is 1.85 bits per heavy atom. The van der Waals surface area contributed by atoms with Crippen molar-refractivity contribution in [2.75, 3.05) is 6.54 Å². The summed E-state index contributed by atoms with van der Waals surface area (Å²) in [4.78, 5) is 11.8. The summed E-state index contributed by atoms with van der Waals surface area (Å²) < 4.78 is 27.3. The molecule has 6 heteroatoms. The van der Waals surface area contributed by atoms with Gasteiger partial charge in [0.2, 0.25) is 5.91 Å². The number of hydrogen-bond acceptors (Lipinski definition) is 3. The van der Waals surface area contributed by atoms with Gasteiger partial charge in [0.1, 0.15) is 11.6 Å². The summed E-state index contributed by atoms with van der Waals surface area (Å²) in [5, 5.41) is 17.2. The molecular formula is C28H38F2N2O2. The van der Waals surface area contributed by atoms with Gasteiger partial charge in [-0.15, -0.1) is 0 Å². The van der Waals surface area contributed by atoms with Crippen molar-refractivity contribution in [2.24, 2.45) is 0 Å². The van der Waals surface area contributed by atoms with Crippen LogP contribution in [-0.4, -0.2) is 29.7 Å². The number of aryl methyl sites for hydroxylation is 2. The van der Waals surface area contributed by atoms with Crippen LogP contribution in [0.5, 0.6) is 0 Å². The third-order valence-electron chi connectivity index (χ3n) is 6.74. The second-order valence-electron chi connectivity index (χ2n) is 9.49. The number of carbonyl (C=O) groups is 1. The monoisotopic (exact) mass is 472 g/mol. The second-order valence-corrected chi connectivity index (χ2v) is 9.49. The summed E-state index contributed by atoms with van der Waals surface area (Å²) in [6.07, 6.45) is 6.80. The van der Waals surface area contributed by atoms with Gasteiger partial charge in [-0.1, -0.05) is 32.4 Å². The van der Waals surface area contributed by atoms with Crippen LogP contribution in [0.25, 0.3) is 0 Å². The Morgan fingerprint density at radius 3 is 2.50 bits per heavy atom. The standard InChI is InChI=1S/C28H38F2N2O2/c1-4-6-8-21-11-19(5-2)14-25-24(21)9-7-10-26(25)31-17-28(34)27(32-18(3)33)15-20-12-22(29)16-23(30)13-20/h11-14,16,26-28,31,34H,4-10,15,17H2,1-3H3,(H,32,33)/t26?,27-,28+/m0/s1. The van der Waals surface area contributed by atoms with E-state index in [4.69, 9.17) is 0 Å². The Balaban J connectivity index is 1.74. The fourth-order valence-corrected chi connectivity index (χ4v) is 5.02. The van der Waals surface area contributed by atoms with E-state index in [0.717, 1.165) is 38.2 Å². The van der Waals surface area contributed by atoms with Crippen molar-refractivity contribution < 1.29 is 18.7 Å². The van der Waals surface area contributed by atoms with Gasteiger partial charge in [-0.2, -0.15) is 0 Å². The number of halogens is 2. The van der Waals surface area contributed by atoms with Crippen molar-refractivity contribution in [1.82, 2.24) is 10.6 Å². The highest BCUT2D eigenvalue weighted by atomic mass is 19.1. The minimum atomic E-state index is -0.908. The highest BCUT2D eigenvalue weighted by Crippen LogP contribution is 2.34. The SMILES string of the molecule is CCCCc1cc(CC)cc2c1CCCC2NC[C@@H](O)[C@H](Cc1cc(F)cc(F)c1)NC(C)=O. The number of unbranched alkanes of at least 4 members (excludes halogenated alkanes) is 1. The van der Waals surface area contributed by atoms with Crippen molar-refractivity contribution in [3.8, 4) is 0 Å². The molecule has 1 unspecified atom stereocenters. The molecule has 4 nitrogen and oxygen atoms in total. The lowest BCUT2D eigenvalue weighted by Crippen LogP contribution is -2.48. The molecule has 186 valence electrons. The first-order chi connectivity index (χ1) is 16.3. The van der Waals surface area contributed by atoms with Crippen LogP contribution in [0, 0.1) is 11.6 Å². The molecule has 0 bridgehead atoms. The number of rotatable bonds is 11. The Kier molecular flexibility index (Phi) is 9.60. The quantitative estimate of drug-likeness (QED) is 0.434. The summed E-state index contributed by atoms with van der Waals surface area (Å²) in [7, 11) is 0. The van der Waals surface area contributed by atoms with Gasteiger partial charge in [-0.05, 0) is 84.9 Å². The predicted octanol–water partition coefficient (Wildman–Crippen LogP) is 4.95. The second kappa shape index (κ2) is 12.4. The molecule has 0 saturated carbocycles. The maximum absolute atomic E-state index is 13.6. The first kappa shape index (κ1) is 26.3. The Labute approximate surface area is 202 Å². The molecule has 0 heterocycles. The Hall–Kier alpha value is -2.31. The van der Waals surface area contributed by atoms with E-state index in [-0.39, 0.29) is 24.9 Å². The summed E-state index contributed by atoms with van der Waals surface area (Å²) >= 11 is 0. The maximum atomic E-state index is 13.6. The topological polar surface area (TPSA) is 61.4 Å². The van der Waals surface area contributed by atoms with E-state index in [2.05, 4.69) is 36.6 Å². The maximum Gasteiger partial charge on any atom is 0.217 e. The normalized spacial score (nSPS) is 17.2. The van der Waals surface area contributed by atoms with E-state index in [1.165, 1.54) is 54.2 Å². The number of carbonyl (C=O) groups excluding carboxylic acids is 1. The zero-order chi connectivity index (χ0) is 24.7. The largest absolute Gasteiger partial charge is 0.390 e. The summed E-state index contributed by atoms with van der Waals surface area (Å²) in [5.74, 6) is -1.64. The van der Waals surface area contributed by atoms with Gasteiger partial charge in [0, 0.05) is 25.6 Å². The first-order valence-electron chi connectivity index (χ1n) is 12.6. The van der Waals surface area contributed by atoms with E-state index in [9.17, 15) is 18.7 Å². The molecule has 0 aliphatic heterocycles. The molecule has 1 aliphatic carbocycles. The number of aliphatic hydroxyl groups excluding tert-OH is 1. The van der Waals surface area contributed by atoms with Gasteiger partial charge >= 0.3 is 0 Å². The van der Waals surface area contributed by atoms with Crippen molar-refractivity contribution in [2.45, 2.75) is 90.3 Å². The van der Waals surface area contributed by atoms with Crippen LogP contribution in [0.1, 0.15) is 80.3 Å². The zero-order valence-electron chi connectivity index (χ0n) is 20.6. The molecule has 3 N–H and O–H groups in total. The van der Waals surface area contributed by atoms with E-state index in [1.807, 2.05) is 0 Å². The molecule has 0 saturated heterocycles. The molecule has 3 atom stereocenters. The van der Waals surface area contributed by atoms with Crippen LogP contribution in [0.15, 0.2) is 30.3 Å². The lowest BCUT2D eigenvalue weighted by atomic mass is 9.82. The van der Waals surface area contributed by atoms with Crippen LogP contribution in [0.2, 0.25) is 0 Å². The molecule has 0 aromatic heterocycles. The third kappa shape index (κ3) is 7.09. The number of nitrogens with one attached hydrogen (secondary N) is 2. The number of amides is 1. The number of aliphatic hydroxyl groups is 1. The summed E-state index contributed by atoms with van der Waals surface area (Å²) in [6.45, 7) is 6.04. The van der Waals surface area contributed by atoms with Gasteiger partial charge in [0.15, 0.2) is 0 Å². The number of fused-ring (bicyclic) bond motifs is 1. The minimum Gasteiger partial charge on any atom is -0.390 e. The minimum absolute atomic E-state index is 0.134. The van der Waals surface area contributed by atoms with Gasteiger partial charge in [0.25, 0.3) is 0 Å². The molecule has 2 aromatic rings. The average molecular weight is 473 g/mol. The van der Waals surface area contributed by atoms with Crippen LogP contribution >= 0.6 is 0 Å². The van der Waals surface area contributed by atoms with Crippen molar-refractivity contribution >= 4 is 5.91 Å². The molecule has 1 aliphatic rings. The van der Waals surface area contributed by atoms with Gasteiger partial charge in [-0.3, -0.25) is 4.79 Å². The predicted molar refractivity (Wildman–Crippen MR) is 132 cm³/mol. The number of hydrogen-bond donors (Lipinski definition) is 3. The molecule has 1 amide bonds. The molecule has 3 rings (SSSR count). The highest BCUT2D eigenvalue weighted by Gasteiger charge is 2.26. The van der Waals surface area contributed by atoms with E-state index in [0.29, 0.717) is 5.56 Å². The lowest BCUT2D eigenvalue weighted by Gasteiger charge is -2.31. The van der Waals surface area contributed by atoms with Crippen molar-refractivity contribution in [1.29, 1.82) is 0 Å². The summed E-state index contributed by atoms with van der Waals surface area (Å²) in [5.41, 5.74) is 5.95. The van der Waals surface area contributed by atoms with Gasteiger partial charge in [-0.25, -0.2) is 8.78 Å². The first-order valence-corrected chi connectivity index (χ1v) is 12.6. The van der Waals surface area contributed by atoms with Crippen molar-refractivity contribution in [3.63, 3.8) is 0 Å². The van der Waals surface area contributed by atoms with E-state index in [1.54, 1.807) is 0 Å².